The number of aryl methyl sites for hydroxylation is 1. The summed E-state index contributed by atoms with van der Waals surface area (Å²) in [7, 11) is 3.21. The molecule has 0 aliphatic heterocycles. The van der Waals surface area contributed by atoms with E-state index in [-0.39, 0.29) is 17.6 Å². The lowest BCUT2D eigenvalue weighted by Crippen LogP contribution is -2.25. The molecule has 0 aliphatic carbocycles. The van der Waals surface area contributed by atoms with Gasteiger partial charge in [-0.25, -0.2) is 0 Å². The van der Waals surface area contributed by atoms with Crippen molar-refractivity contribution in [3.8, 4) is 11.5 Å². The van der Waals surface area contributed by atoms with Crippen molar-refractivity contribution in [2.45, 2.75) is 26.5 Å². The van der Waals surface area contributed by atoms with Gasteiger partial charge >= 0.3 is 0 Å². The van der Waals surface area contributed by atoms with Gasteiger partial charge in [0.2, 0.25) is 0 Å². The fraction of sp³-hybridized carbons (Fsp3) is 0.333. The van der Waals surface area contributed by atoms with Gasteiger partial charge in [0, 0.05) is 31.4 Å². The van der Waals surface area contributed by atoms with E-state index in [2.05, 4.69) is 5.32 Å². The van der Waals surface area contributed by atoms with Gasteiger partial charge in [0.25, 0.3) is 11.5 Å². The van der Waals surface area contributed by atoms with Crippen LogP contribution in [0.25, 0.3) is 0 Å². The van der Waals surface area contributed by atoms with Gasteiger partial charge in [-0.15, -0.1) is 0 Å². The van der Waals surface area contributed by atoms with Crippen molar-refractivity contribution >= 4 is 5.91 Å². The first-order chi connectivity index (χ1) is 11.4. The number of nitrogens with zero attached hydrogens (tertiary/aromatic N) is 1. The first kappa shape index (κ1) is 17.6. The number of carbonyl (C=O) groups excluding carboxylic acids is 1. The molecule has 6 heteroatoms. The highest BCUT2D eigenvalue weighted by Gasteiger charge is 2.10. The molecule has 0 atom stereocenters. The Balaban J connectivity index is 2.07. The van der Waals surface area contributed by atoms with E-state index in [1.807, 2.05) is 32.0 Å². The normalized spacial score (nSPS) is 10.5. The van der Waals surface area contributed by atoms with Crippen molar-refractivity contribution in [1.29, 1.82) is 0 Å². The Hall–Kier alpha value is -2.76. The molecule has 0 fully saturated rings. The highest BCUT2D eigenvalue weighted by molar-refractivity contribution is 5.93. The van der Waals surface area contributed by atoms with Gasteiger partial charge < -0.3 is 19.4 Å². The number of rotatable bonds is 6. The lowest BCUT2D eigenvalue weighted by atomic mass is 10.2. The number of aromatic nitrogens is 1. The second-order valence-electron chi connectivity index (χ2n) is 5.70. The van der Waals surface area contributed by atoms with Crippen molar-refractivity contribution in [3.63, 3.8) is 0 Å². The van der Waals surface area contributed by atoms with E-state index < -0.39 is 0 Å². The molecule has 2 rings (SSSR count). The third-order valence-corrected chi connectivity index (χ3v) is 3.41. The zero-order chi connectivity index (χ0) is 17.7. The summed E-state index contributed by atoms with van der Waals surface area (Å²) in [5.74, 6) is 0.979. The highest BCUT2D eigenvalue weighted by Crippen LogP contribution is 2.28. The Labute approximate surface area is 141 Å². The molecule has 0 saturated carbocycles. The molecule has 0 spiro atoms. The maximum absolute atomic E-state index is 12.1. The zero-order valence-corrected chi connectivity index (χ0v) is 14.3. The summed E-state index contributed by atoms with van der Waals surface area (Å²) < 4.78 is 12.4. The Morgan fingerprint density at radius 3 is 2.58 bits per heavy atom. The molecule has 1 aromatic heterocycles. The van der Waals surface area contributed by atoms with Crippen LogP contribution in [0.5, 0.6) is 11.5 Å². The predicted octanol–water partition coefficient (Wildman–Crippen LogP) is 2.11. The van der Waals surface area contributed by atoms with Crippen molar-refractivity contribution in [1.82, 2.24) is 9.88 Å². The average Bonchev–Trinajstić information content (AvgIpc) is 2.55. The van der Waals surface area contributed by atoms with Crippen LogP contribution in [0.15, 0.2) is 41.3 Å². The number of amides is 1. The quantitative estimate of drug-likeness (QED) is 0.881. The Bertz CT molecular complexity index is 781. The number of pyridine rings is 1. The van der Waals surface area contributed by atoms with Gasteiger partial charge in [-0.1, -0.05) is 6.07 Å². The van der Waals surface area contributed by atoms with E-state index in [4.69, 9.17) is 9.47 Å². The molecular formula is C18H22N2O4. The van der Waals surface area contributed by atoms with Gasteiger partial charge in [-0.05, 0) is 37.6 Å². The van der Waals surface area contributed by atoms with Crippen LogP contribution in [0.2, 0.25) is 0 Å². The Morgan fingerprint density at radius 2 is 1.96 bits per heavy atom. The van der Waals surface area contributed by atoms with E-state index in [1.54, 1.807) is 26.4 Å². The minimum absolute atomic E-state index is 0.0464. The fourth-order valence-electron chi connectivity index (χ4n) is 2.15. The first-order valence-corrected chi connectivity index (χ1v) is 7.69. The molecule has 0 bridgehead atoms. The van der Waals surface area contributed by atoms with Crippen LogP contribution in [-0.2, 0) is 13.6 Å². The third-order valence-electron chi connectivity index (χ3n) is 3.41. The standard InChI is InChI=1S/C18H22N2O4/c1-12(2)24-15-6-5-13(9-16(15)23-4)11-19-18(22)14-7-8-20(3)17(21)10-14/h5-10,12H,11H2,1-4H3,(H,19,22). The molecule has 1 amide bonds. The minimum Gasteiger partial charge on any atom is -0.493 e. The van der Waals surface area contributed by atoms with Crippen molar-refractivity contribution < 1.29 is 14.3 Å². The smallest absolute Gasteiger partial charge is 0.251 e. The minimum atomic E-state index is -0.297. The summed E-state index contributed by atoms with van der Waals surface area (Å²) >= 11 is 0. The van der Waals surface area contributed by atoms with Crippen molar-refractivity contribution in [2.75, 3.05) is 7.11 Å². The molecule has 24 heavy (non-hydrogen) atoms. The second kappa shape index (κ2) is 7.68. The first-order valence-electron chi connectivity index (χ1n) is 7.69. The molecule has 0 radical (unpaired) electrons. The van der Waals surface area contributed by atoms with Crippen LogP contribution in [0.3, 0.4) is 0 Å². The van der Waals surface area contributed by atoms with Crippen LogP contribution in [0, 0.1) is 0 Å². The molecule has 2 aromatic rings. The molecule has 0 aliphatic rings. The Morgan fingerprint density at radius 1 is 1.21 bits per heavy atom. The average molecular weight is 330 g/mol. The van der Waals surface area contributed by atoms with Gasteiger partial charge in [-0.2, -0.15) is 0 Å². The molecule has 128 valence electrons. The SMILES string of the molecule is COc1cc(CNC(=O)c2ccn(C)c(=O)c2)ccc1OC(C)C. The molecule has 0 saturated heterocycles. The lowest BCUT2D eigenvalue weighted by molar-refractivity contribution is 0.0950. The summed E-state index contributed by atoms with van der Waals surface area (Å²) in [6.45, 7) is 4.21. The van der Waals surface area contributed by atoms with Crippen LogP contribution in [0.4, 0.5) is 0 Å². The van der Waals surface area contributed by atoms with E-state index in [0.717, 1.165) is 5.56 Å². The molecule has 6 nitrogen and oxygen atoms in total. The molecule has 1 heterocycles. The number of carbonyl (C=O) groups is 1. The van der Waals surface area contributed by atoms with Gasteiger partial charge in [0.1, 0.15) is 0 Å². The van der Waals surface area contributed by atoms with Gasteiger partial charge in [0.15, 0.2) is 11.5 Å². The molecular weight excluding hydrogens is 308 g/mol. The third kappa shape index (κ3) is 4.38. The van der Waals surface area contributed by atoms with E-state index in [0.29, 0.717) is 23.6 Å². The predicted molar refractivity (Wildman–Crippen MR) is 91.6 cm³/mol. The van der Waals surface area contributed by atoms with Crippen LogP contribution in [-0.4, -0.2) is 23.7 Å². The number of hydrogen-bond donors (Lipinski definition) is 1. The number of nitrogens with one attached hydrogen (secondary N) is 1. The molecule has 1 aromatic carbocycles. The summed E-state index contributed by atoms with van der Waals surface area (Å²) in [4.78, 5) is 23.7. The topological polar surface area (TPSA) is 69.6 Å². The summed E-state index contributed by atoms with van der Waals surface area (Å²) in [5.41, 5.74) is 0.990. The molecule has 0 unspecified atom stereocenters. The number of methoxy groups -OCH3 is 1. The maximum Gasteiger partial charge on any atom is 0.251 e. The largest absolute Gasteiger partial charge is 0.493 e. The van der Waals surface area contributed by atoms with E-state index >= 15 is 0 Å². The van der Waals surface area contributed by atoms with E-state index in [1.165, 1.54) is 10.6 Å². The van der Waals surface area contributed by atoms with Crippen molar-refractivity contribution in [3.05, 3.63) is 58.0 Å². The van der Waals surface area contributed by atoms with Gasteiger partial charge in [0.05, 0.1) is 13.2 Å². The fourth-order valence-corrected chi connectivity index (χ4v) is 2.15. The van der Waals surface area contributed by atoms with Gasteiger partial charge in [-0.3, -0.25) is 9.59 Å². The van der Waals surface area contributed by atoms with Crippen molar-refractivity contribution in [2.24, 2.45) is 7.05 Å². The summed E-state index contributed by atoms with van der Waals surface area (Å²) in [5, 5.41) is 2.79. The Kier molecular flexibility index (Phi) is 5.63. The number of ether oxygens (including phenoxy) is 2. The number of hydrogen-bond acceptors (Lipinski definition) is 4. The summed E-state index contributed by atoms with van der Waals surface area (Å²) in [6.07, 6.45) is 1.61. The van der Waals surface area contributed by atoms with Crippen LogP contribution >= 0.6 is 0 Å². The summed E-state index contributed by atoms with van der Waals surface area (Å²) in [6, 6.07) is 8.43. The zero-order valence-electron chi connectivity index (χ0n) is 14.3. The van der Waals surface area contributed by atoms with Crippen LogP contribution < -0.4 is 20.3 Å². The van der Waals surface area contributed by atoms with Crippen LogP contribution in [0.1, 0.15) is 29.8 Å². The maximum atomic E-state index is 12.1. The highest BCUT2D eigenvalue weighted by atomic mass is 16.5. The second-order valence-corrected chi connectivity index (χ2v) is 5.70. The monoisotopic (exact) mass is 330 g/mol. The number of benzene rings is 1. The molecule has 1 N–H and O–H groups in total. The van der Waals surface area contributed by atoms with E-state index in [9.17, 15) is 9.59 Å². The lowest BCUT2D eigenvalue weighted by Gasteiger charge is -2.14.